The van der Waals surface area contributed by atoms with Crippen LogP contribution in [0.3, 0.4) is 0 Å². The molecule has 2 aromatic rings. The summed E-state index contributed by atoms with van der Waals surface area (Å²) in [5, 5.41) is 0. The van der Waals surface area contributed by atoms with Crippen LogP contribution >= 0.6 is 15.9 Å². The number of aromatic nitrogens is 1. The van der Waals surface area contributed by atoms with E-state index in [4.69, 9.17) is 9.47 Å². The zero-order valence-electron chi connectivity index (χ0n) is 13.4. The van der Waals surface area contributed by atoms with E-state index in [0.29, 0.717) is 37.7 Å². The Kier molecular flexibility index (Phi) is 5.67. The van der Waals surface area contributed by atoms with Gasteiger partial charge in [-0.2, -0.15) is 0 Å². The molecule has 3 rings (SSSR count). The van der Waals surface area contributed by atoms with Crippen molar-refractivity contribution >= 4 is 28.1 Å². The van der Waals surface area contributed by atoms with Crippen molar-refractivity contribution in [3.05, 3.63) is 74.9 Å². The molecule has 0 bridgehead atoms. The fourth-order valence-corrected chi connectivity index (χ4v) is 2.63. The molecule has 0 spiro atoms. The first-order valence-corrected chi connectivity index (χ1v) is 8.62. The second kappa shape index (κ2) is 8.13. The van der Waals surface area contributed by atoms with E-state index in [1.165, 1.54) is 16.8 Å². The third-order valence-electron chi connectivity index (χ3n) is 3.70. The van der Waals surface area contributed by atoms with Crippen molar-refractivity contribution in [3.63, 3.8) is 0 Å². The van der Waals surface area contributed by atoms with Crippen molar-refractivity contribution in [1.29, 1.82) is 0 Å². The normalized spacial score (nSPS) is 15.1. The van der Waals surface area contributed by atoms with E-state index < -0.39 is 5.97 Å². The summed E-state index contributed by atoms with van der Waals surface area (Å²) >= 11 is 3.34. The number of hydrogen-bond donors (Lipinski definition) is 0. The molecule has 0 radical (unpaired) electrons. The predicted octanol–water partition coefficient (Wildman–Crippen LogP) is 2.56. The topological polar surface area (TPSA) is 60.8 Å². The Balaban J connectivity index is 1.88. The molecule has 1 aliphatic heterocycles. The smallest absolute Gasteiger partial charge is 0.344 e. The molecule has 0 aliphatic carbocycles. The van der Waals surface area contributed by atoms with Crippen LogP contribution < -0.4 is 5.56 Å². The minimum absolute atomic E-state index is 0.201. The van der Waals surface area contributed by atoms with E-state index in [-0.39, 0.29) is 5.56 Å². The maximum atomic E-state index is 12.5. The summed E-state index contributed by atoms with van der Waals surface area (Å²) in [5.41, 5.74) is 0.232. The average molecular weight is 405 g/mol. The van der Waals surface area contributed by atoms with Gasteiger partial charge in [-0.15, -0.1) is 0 Å². The molecule has 0 unspecified atom stereocenters. The third kappa shape index (κ3) is 4.58. The van der Waals surface area contributed by atoms with Crippen LogP contribution in [0.15, 0.2) is 63.8 Å². The van der Waals surface area contributed by atoms with Gasteiger partial charge in [0.25, 0.3) is 5.56 Å². The summed E-state index contributed by atoms with van der Waals surface area (Å²) in [7, 11) is 0. The molecule has 1 saturated heterocycles. The fourth-order valence-electron chi connectivity index (χ4n) is 2.36. The summed E-state index contributed by atoms with van der Waals surface area (Å²) in [6.07, 6.45) is 3.15. The predicted molar refractivity (Wildman–Crippen MR) is 96.9 cm³/mol. The monoisotopic (exact) mass is 404 g/mol. The first-order valence-electron chi connectivity index (χ1n) is 7.83. The summed E-state index contributed by atoms with van der Waals surface area (Å²) in [6, 6.07) is 11.8. The minimum Gasteiger partial charge on any atom is -0.404 e. The SMILES string of the molecule is O=C(O/C(=C\n1ccccc1=O)N1CCOCC1)c1ccc(Br)cc1. The van der Waals surface area contributed by atoms with Gasteiger partial charge in [0.15, 0.2) is 0 Å². The van der Waals surface area contributed by atoms with Crippen LogP contribution in [0.1, 0.15) is 10.4 Å². The van der Waals surface area contributed by atoms with Gasteiger partial charge in [-0.1, -0.05) is 22.0 Å². The maximum Gasteiger partial charge on any atom is 0.344 e. The highest BCUT2D eigenvalue weighted by Crippen LogP contribution is 2.16. The van der Waals surface area contributed by atoms with E-state index >= 15 is 0 Å². The van der Waals surface area contributed by atoms with E-state index in [1.807, 2.05) is 4.90 Å². The van der Waals surface area contributed by atoms with Crippen molar-refractivity contribution in [2.45, 2.75) is 0 Å². The summed E-state index contributed by atoms with van der Waals surface area (Å²) in [4.78, 5) is 26.3. The van der Waals surface area contributed by atoms with Gasteiger partial charge in [-0.05, 0) is 30.3 Å². The number of rotatable bonds is 4. The lowest BCUT2D eigenvalue weighted by Crippen LogP contribution is -2.37. The molecule has 0 amide bonds. The number of benzene rings is 1. The van der Waals surface area contributed by atoms with E-state index in [0.717, 1.165) is 4.47 Å². The Bertz CT molecular complexity index is 823. The van der Waals surface area contributed by atoms with Crippen molar-refractivity contribution < 1.29 is 14.3 Å². The lowest BCUT2D eigenvalue weighted by Gasteiger charge is -2.29. The molecule has 1 fully saturated rings. The maximum absolute atomic E-state index is 12.5. The number of pyridine rings is 1. The van der Waals surface area contributed by atoms with Crippen LogP contribution in [0.4, 0.5) is 0 Å². The number of ether oxygens (including phenoxy) is 2. The molecule has 1 aromatic carbocycles. The molecule has 0 saturated carbocycles. The van der Waals surface area contributed by atoms with Crippen LogP contribution in [-0.2, 0) is 9.47 Å². The van der Waals surface area contributed by atoms with Gasteiger partial charge >= 0.3 is 5.97 Å². The van der Waals surface area contributed by atoms with E-state index in [2.05, 4.69) is 15.9 Å². The van der Waals surface area contributed by atoms with Crippen LogP contribution in [0.2, 0.25) is 0 Å². The van der Waals surface area contributed by atoms with Gasteiger partial charge in [0.1, 0.15) is 0 Å². The second-order valence-corrected chi connectivity index (χ2v) is 6.32. The van der Waals surface area contributed by atoms with Crippen LogP contribution in [0.5, 0.6) is 0 Å². The highest BCUT2D eigenvalue weighted by Gasteiger charge is 2.19. The minimum atomic E-state index is -0.478. The molecule has 1 aromatic heterocycles. The molecular weight excluding hydrogens is 388 g/mol. The van der Waals surface area contributed by atoms with Crippen LogP contribution in [0.25, 0.3) is 6.20 Å². The Labute approximate surface area is 153 Å². The summed E-state index contributed by atoms with van der Waals surface area (Å²) in [6.45, 7) is 2.25. The number of esters is 1. The first-order chi connectivity index (χ1) is 12.1. The first kappa shape index (κ1) is 17.4. The van der Waals surface area contributed by atoms with Crippen molar-refractivity contribution in [3.8, 4) is 0 Å². The molecule has 7 heteroatoms. The molecule has 25 heavy (non-hydrogen) atoms. The Morgan fingerprint density at radius 1 is 1.12 bits per heavy atom. The van der Waals surface area contributed by atoms with Gasteiger partial charge in [-0.3, -0.25) is 9.36 Å². The molecule has 6 nitrogen and oxygen atoms in total. The number of morpholine rings is 1. The van der Waals surface area contributed by atoms with Crippen LogP contribution in [0, 0.1) is 0 Å². The molecule has 0 N–H and O–H groups in total. The lowest BCUT2D eigenvalue weighted by atomic mass is 10.2. The number of hydrogen-bond acceptors (Lipinski definition) is 5. The van der Waals surface area contributed by atoms with Crippen molar-refractivity contribution in [1.82, 2.24) is 9.47 Å². The standard InChI is InChI=1S/C18H17BrN2O4/c19-15-6-4-14(5-7-15)18(23)25-17(20-9-11-24-12-10-20)13-21-8-2-1-3-16(21)22/h1-8,13H,9-12H2/b17-13-. The Hall–Kier alpha value is -2.38. The number of halogens is 1. The van der Waals surface area contributed by atoms with E-state index in [9.17, 15) is 9.59 Å². The number of carbonyl (C=O) groups excluding carboxylic acids is 1. The van der Waals surface area contributed by atoms with Gasteiger partial charge < -0.3 is 14.4 Å². The Morgan fingerprint density at radius 2 is 1.84 bits per heavy atom. The molecular formula is C18H17BrN2O4. The van der Waals surface area contributed by atoms with Gasteiger partial charge in [-0.25, -0.2) is 4.79 Å². The van der Waals surface area contributed by atoms with Crippen molar-refractivity contribution in [2.75, 3.05) is 26.3 Å². The zero-order valence-corrected chi connectivity index (χ0v) is 15.0. The third-order valence-corrected chi connectivity index (χ3v) is 4.23. The molecule has 130 valence electrons. The van der Waals surface area contributed by atoms with Gasteiger partial charge in [0.05, 0.1) is 25.0 Å². The van der Waals surface area contributed by atoms with Crippen LogP contribution in [-0.4, -0.2) is 41.7 Å². The van der Waals surface area contributed by atoms with Crippen molar-refractivity contribution in [2.24, 2.45) is 0 Å². The Morgan fingerprint density at radius 3 is 2.52 bits per heavy atom. The highest BCUT2D eigenvalue weighted by molar-refractivity contribution is 9.10. The quantitative estimate of drug-likeness (QED) is 0.578. The summed E-state index contributed by atoms with van der Waals surface area (Å²) < 4.78 is 13.2. The molecule has 2 heterocycles. The number of nitrogens with zero attached hydrogens (tertiary/aromatic N) is 2. The number of carbonyl (C=O) groups is 1. The largest absolute Gasteiger partial charge is 0.404 e. The average Bonchev–Trinajstić information content (AvgIpc) is 2.64. The lowest BCUT2D eigenvalue weighted by molar-refractivity contribution is 0.0153. The molecule has 0 atom stereocenters. The summed E-state index contributed by atoms with van der Waals surface area (Å²) in [5.74, 6) is -0.154. The van der Waals surface area contributed by atoms with E-state index in [1.54, 1.807) is 42.6 Å². The second-order valence-electron chi connectivity index (χ2n) is 5.41. The molecule has 1 aliphatic rings. The highest BCUT2D eigenvalue weighted by atomic mass is 79.9. The fraction of sp³-hybridized carbons (Fsp3) is 0.222. The zero-order chi connectivity index (χ0) is 17.6. The van der Waals surface area contributed by atoms with Gasteiger partial charge in [0, 0.05) is 29.8 Å². The van der Waals surface area contributed by atoms with Gasteiger partial charge in [0.2, 0.25) is 5.88 Å².